The third-order valence-electron chi connectivity index (χ3n) is 3.98. The van der Waals surface area contributed by atoms with E-state index in [1.54, 1.807) is 12.1 Å². The molecule has 3 rings (SSSR count). The zero-order chi connectivity index (χ0) is 18.6. The number of nitrogens with one attached hydrogen (secondary N) is 1. The molecule has 0 bridgehead atoms. The van der Waals surface area contributed by atoms with Crippen molar-refractivity contribution in [2.75, 3.05) is 5.32 Å². The number of alkyl halides is 3. The predicted molar refractivity (Wildman–Crippen MR) is 95.1 cm³/mol. The first-order chi connectivity index (χ1) is 12.4. The maximum absolute atomic E-state index is 13.1. The molecule has 1 amide bonds. The normalized spacial score (nSPS) is 11.2. The van der Waals surface area contributed by atoms with Gasteiger partial charge in [-0.25, -0.2) is 0 Å². The highest BCUT2D eigenvalue weighted by atomic mass is 19.4. The van der Waals surface area contributed by atoms with Crippen LogP contribution in [0.1, 0.15) is 27.0 Å². The minimum absolute atomic E-state index is 0.394. The van der Waals surface area contributed by atoms with Gasteiger partial charge < -0.3 is 5.32 Å². The smallest absolute Gasteiger partial charge is 0.322 e. The molecule has 26 heavy (non-hydrogen) atoms. The molecule has 0 fully saturated rings. The lowest BCUT2D eigenvalue weighted by molar-refractivity contribution is -0.137. The lowest BCUT2D eigenvalue weighted by Crippen LogP contribution is -2.19. The summed E-state index contributed by atoms with van der Waals surface area (Å²) in [6.45, 7) is 0. The molecule has 2 nitrogen and oxygen atoms in total. The summed E-state index contributed by atoms with van der Waals surface area (Å²) in [4.78, 5) is 12.5. The van der Waals surface area contributed by atoms with Crippen molar-refractivity contribution in [3.63, 3.8) is 0 Å². The van der Waals surface area contributed by atoms with Crippen molar-refractivity contribution in [2.45, 2.75) is 12.6 Å². The number of benzene rings is 3. The van der Waals surface area contributed by atoms with Crippen LogP contribution in [0.3, 0.4) is 0 Å². The lowest BCUT2D eigenvalue weighted by Gasteiger charge is -2.14. The maximum Gasteiger partial charge on any atom is 0.417 e. The van der Waals surface area contributed by atoms with E-state index in [9.17, 15) is 18.0 Å². The van der Waals surface area contributed by atoms with E-state index in [2.05, 4.69) is 5.32 Å². The number of amides is 1. The Morgan fingerprint density at radius 2 is 1.42 bits per heavy atom. The number of carbonyl (C=O) groups excluding carboxylic acids is 1. The average Bonchev–Trinajstić information content (AvgIpc) is 2.63. The van der Waals surface area contributed by atoms with Crippen LogP contribution in [0.2, 0.25) is 0 Å². The highest BCUT2D eigenvalue weighted by Gasteiger charge is 2.34. The van der Waals surface area contributed by atoms with E-state index < -0.39 is 23.2 Å². The third kappa shape index (κ3) is 4.11. The van der Waals surface area contributed by atoms with Crippen LogP contribution in [-0.2, 0) is 12.6 Å². The van der Waals surface area contributed by atoms with Crippen molar-refractivity contribution >= 4 is 11.6 Å². The van der Waals surface area contributed by atoms with Gasteiger partial charge in [0, 0.05) is 5.69 Å². The Kier molecular flexibility index (Phi) is 5.07. The summed E-state index contributed by atoms with van der Waals surface area (Å²) in [5.41, 5.74) is 1.03. The summed E-state index contributed by atoms with van der Waals surface area (Å²) >= 11 is 0. The van der Waals surface area contributed by atoms with Gasteiger partial charge in [-0.1, -0.05) is 60.7 Å². The molecule has 0 radical (unpaired) electrons. The predicted octanol–water partition coefficient (Wildman–Crippen LogP) is 5.55. The van der Waals surface area contributed by atoms with Crippen LogP contribution in [0.15, 0.2) is 78.9 Å². The molecule has 132 valence electrons. The van der Waals surface area contributed by atoms with E-state index in [0.29, 0.717) is 12.1 Å². The Balaban J connectivity index is 1.88. The van der Waals surface area contributed by atoms with Gasteiger partial charge in [0.1, 0.15) is 0 Å². The van der Waals surface area contributed by atoms with Crippen LogP contribution in [0.25, 0.3) is 0 Å². The molecule has 0 saturated heterocycles. The van der Waals surface area contributed by atoms with Gasteiger partial charge in [0.05, 0.1) is 11.1 Å². The standard InChI is InChI=1S/C21H16F3NO/c22-21(23,24)18-12-6-5-11-17(18)20(26)25-19-13-7-4-10-16(19)14-15-8-2-1-3-9-15/h1-13H,14H2,(H,25,26). The number of carbonyl (C=O) groups is 1. The summed E-state index contributed by atoms with van der Waals surface area (Å²) < 4.78 is 39.4. The molecule has 0 unspecified atom stereocenters. The van der Waals surface area contributed by atoms with Crippen molar-refractivity contribution in [3.8, 4) is 0 Å². The molecule has 0 aliphatic carbocycles. The molecule has 1 N–H and O–H groups in total. The Bertz CT molecular complexity index is 904. The molecule has 3 aromatic rings. The molecule has 3 aromatic carbocycles. The number of hydrogen-bond acceptors (Lipinski definition) is 1. The van der Waals surface area contributed by atoms with Gasteiger partial charge in [-0.3, -0.25) is 4.79 Å². The largest absolute Gasteiger partial charge is 0.417 e. The van der Waals surface area contributed by atoms with Crippen LogP contribution in [0, 0.1) is 0 Å². The fourth-order valence-corrected chi connectivity index (χ4v) is 2.73. The van der Waals surface area contributed by atoms with Gasteiger partial charge in [-0.15, -0.1) is 0 Å². The van der Waals surface area contributed by atoms with E-state index in [0.717, 1.165) is 17.2 Å². The van der Waals surface area contributed by atoms with Crippen molar-refractivity contribution < 1.29 is 18.0 Å². The van der Waals surface area contributed by atoms with Gasteiger partial charge in [-0.2, -0.15) is 13.2 Å². The third-order valence-corrected chi connectivity index (χ3v) is 3.98. The van der Waals surface area contributed by atoms with Crippen molar-refractivity contribution in [1.29, 1.82) is 0 Å². The van der Waals surface area contributed by atoms with E-state index in [1.165, 1.54) is 18.2 Å². The summed E-state index contributed by atoms with van der Waals surface area (Å²) in [7, 11) is 0. The number of halogens is 3. The van der Waals surface area contributed by atoms with Crippen LogP contribution < -0.4 is 5.32 Å². The zero-order valence-corrected chi connectivity index (χ0v) is 13.8. The minimum Gasteiger partial charge on any atom is -0.322 e. The van der Waals surface area contributed by atoms with E-state index >= 15 is 0 Å². The van der Waals surface area contributed by atoms with Gasteiger partial charge >= 0.3 is 6.18 Å². The van der Waals surface area contributed by atoms with E-state index in [4.69, 9.17) is 0 Å². The van der Waals surface area contributed by atoms with E-state index in [-0.39, 0.29) is 0 Å². The maximum atomic E-state index is 13.1. The van der Waals surface area contributed by atoms with Crippen molar-refractivity contribution in [3.05, 3.63) is 101 Å². The number of hydrogen-bond donors (Lipinski definition) is 1. The summed E-state index contributed by atoms with van der Waals surface area (Å²) in [5, 5.41) is 2.62. The fourth-order valence-electron chi connectivity index (χ4n) is 2.73. The van der Waals surface area contributed by atoms with Gasteiger partial charge in [-0.05, 0) is 35.7 Å². The van der Waals surface area contributed by atoms with Gasteiger partial charge in [0.2, 0.25) is 0 Å². The molecule has 0 heterocycles. The molecule has 0 spiro atoms. The van der Waals surface area contributed by atoms with Crippen LogP contribution in [0.5, 0.6) is 0 Å². The Morgan fingerprint density at radius 3 is 2.15 bits per heavy atom. The van der Waals surface area contributed by atoms with Crippen LogP contribution >= 0.6 is 0 Å². The summed E-state index contributed by atoms with van der Waals surface area (Å²) in [5.74, 6) is -0.779. The first-order valence-electron chi connectivity index (χ1n) is 8.04. The van der Waals surface area contributed by atoms with Crippen LogP contribution in [0.4, 0.5) is 18.9 Å². The second-order valence-electron chi connectivity index (χ2n) is 5.82. The molecular formula is C21H16F3NO. The fraction of sp³-hybridized carbons (Fsp3) is 0.0952. The van der Waals surface area contributed by atoms with E-state index in [1.807, 2.05) is 42.5 Å². The highest BCUT2D eigenvalue weighted by molar-refractivity contribution is 6.05. The minimum atomic E-state index is -4.59. The number of para-hydroxylation sites is 1. The second-order valence-corrected chi connectivity index (χ2v) is 5.82. The Labute approximate surface area is 149 Å². The SMILES string of the molecule is O=C(Nc1ccccc1Cc1ccccc1)c1ccccc1C(F)(F)F. The molecule has 0 aliphatic heterocycles. The monoisotopic (exact) mass is 355 g/mol. The second kappa shape index (κ2) is 7.44. The average molecular weight is 355 g/mol. The van der Waals surface area contributed by atoms with Crippen molar-refractivity contribution in [1.82, 2.24) is 0 Å². The Hall–Kier alpha value is -3.08. The molecule has 5 heteroatoms. The van der Waals surface area contributed by atoms with Crippen LogP contribution in [-0.4, -0.2) is 5.91 Å². The van der Waals surface area contributed by atoms with Gasteiger partial charge in [0.15, 0.2) is 0 Å². The zero-order valence-electron chi connectivity index (χ0n) is 13.8. The first-order valence-corrected chi connectivity index (χ1v) is 8.04. The quantitative estimate of drug-likeness (QED) is 0.653. The molecule has 0 atom stereocenters. The number of rotatable bonds is 4. The molecule has 0 saturated carbocycles. The summed E-state index contributed by atoms with van der Waals surface area (Å²) in [6.07, 6.45) is -4.02. The van der Waals surface area contributed by atoms with Gasteiger partial charge in [0.25, 0.3) is 5.91 Å². The number of anilines is 1. The van der Waals surface area contributed by atoms with Crippen molar-refractivity contribution in [2.24, 2.45) is 0 Å². The highest BCUT2D eigenvalue weighted by Crippen LogP contribution is 2.32. The Morgan fingerprint density at radius 1 is 0.808 bits per heavy atom. The summed E-state index contributed by atoms with van der Waals surface area (Å²) in [6, 6.07) is 21.5. The molecular weight excluding hydrogens is 339 g/mol. The molecule has 0 aliphatic rings. The molecule has 0 aromatic heterocycles. The first kappa shape index (κ1) is 17.7. The topological polar surface area (TPSA) is 29.1 Å². The lowest BCUT2D eigenvalue weighted by atomic mass is 10.0.